The number of benzene rings is 1. The van der Waals surface area contributed by atoms with E-state index in [2.05, 4.69) is 41.5 Å². The molecule has 0 aliphatic carbocycles. The summed E-state index contributed by atoms with van der Waals surface area (Å²) >= 11 is 0. The van der Waals surface area contributed by atoms with Gasteiger partial charge in [-0.1, -0.05) is 11.6 Å². The van der Waals surface area contributed by atoms with Gasteiger partial charge in [0.15, 0.2) is 0 Å². The molecule has 0 bridgehead atoms. The van der Waals surface area contributed by atoms with Gasteiger partial charge in [0.1, 0.15) is 0 Å². The average molecular weight is 374 g/mol. The standard InChI is InChI=1S/C18H27N3O.2ClH/c1-13-5-6-17(21-9-3-4-10-21)16(11-13)18(22)20-15-7-8-19-14(2)12-15;;/h5-6,11,14-15,19H,3-4,7-10,12H2,1-2H3,(H,20,22);2*1H. The molecule has 2 fully saturated rings. The van der Waals surface area contributed by atoms with Crippen LogP contribution in [0.4, 0.5) is 5.69 Å². The normalized spacial score (nSPS) is 23.2. The van der Waals surface area contributed by atoms with Gasteiger partial charge in [-0.25, -0.2) is 0 Å². The lowest BCUT2D eigenvalue weighted by molar-refractivity contribution is 0.0926. The van der Waals surface area contributed by atoms with Gasteiger partial charge in [0, 0.05) is 30.9 Å². The summed E-state index contributed by atoms with van der Waals surface area (Å²) in [4.78, 5) is 15.1. The van der Waals surface area contributed by atoms with Gasteiger partial charge in [-0.2, -0.15) is 0 Å². The number of halogens is 2. The molecule has 1 aromatic carbocycles. The molecule has 0 radical (unpaired) electrons. The Labute approximate surface area is 157 Å². The number of nitrogens with one attached hydrogen (secondary N) is 2. The minimum atomic E-state index is 0. The molecule has 2 N–H and O–H groups in total. The summed E-state index contributed by atoms with van der Waals surface area (Å²) in [6.45, 7) is 7.35. The van der Waals surface area contributed by atoms with Gasteiger partial charge in [0.25, 0.3) is 5.91 Å². The number of rotatable bonds is 3. The number of nitrogens with zero attached hydrogens (tertiary/aromatic N) is 1. The minimum Gasteiger partial charge on any atom is -0.371 e. The minimum absolute atomic E-state index is 0. The van der Waals surface area contributed by atoms with Crippen LogP contribution in [-0.4, -0.2) is 37.6 Å². The third-order valence-electron chi connectivity index (χ3n) is 4.80. The molecule has 2 aliphatic heterocycles. The molecule has 0 saturated carbocycles. The summed E-state index contributed by atoms with van der Waals surface area (Å²) in [5.41, 5.74) is 3.09. The van der Waals surface area contributed by atoms with Crippen molar-refractivity contribution in [3.8, 4) is 0 Å². The number of anilines is 1. The summed E-state index contributed by atoms with van der Waals surface area (Å²) in [7, 11) is 0. The molecule has 1 aromatic rings. The maximum Gasteiger partial charge on any atom is 0.253 e. The Morgan fingerprint density at radius 1 is 1.25 bits per heavy atom. The predicted molar refractivity (Wildman–Crippen MR) is 105 cm³/mol. The van der Waals surface area contributed by atoms with Gasteiger partial charge in [0.2, 0.25) is 0 Å². The SMILES string of the molecule is Cc1ccc(N2CCCC2)c(C(=O)NC2CCNC(C)C2)c1.Cl.Cl. The molecule has 2 aliphatic rings. The highest BCUT2D eigenvalue weighted by atomic mass is 35.5. The number of amides is 1. The number of piperidine rings is 1. The Morgan fingerprint density at radius 2 is 1.96 bits per heavy atom. The van der Waals surface area contributed by atoms with Gasteiger partial charge in [-0.3, -0.25) is 4.79 Å². The molecule has 136 valence electrons. The van der Waals surface area contributed by atoms with Crippen LogP contribution in [0.5, 0.6) is 0 Å². The maximum absolute atomic E-state index is 12.8. The summed E-state index contributed by atoms with van der Waals surface area (Å²) in [6.07, 6.45) is 4.47. The van der Waals surface area contributed by atoms with Gasteiger partial charge in [-0.15, -0.1) is 24.8 Å². The molecule has 2 saturated heterocycles. The van der Waals surface area contributed by atoms with Crippen LogP contribution in [0, 0.1) is 6.92 Å². The molecular weight excluding hydrogens is 345 g/mol. The van der Waals surface area contributed by atoms with Crippen molar-refractivity contribution in [2.24, 2.45) is 0 Å². The van der Waals surface area contributed by atoms with Crippen LogP contribution < -0.4 is 15.5 Å². The number of hydrogen-bond donors (Lipinski definition) is 2. The first-order valence-electron chi connectivity index (χ1n) is 8.53. The Morgan fingerprint density at radius 3 is 2.62 bits per heavy atom. The van der Waals surface area contributed by atoms with E-state index in [0.717, 1.165) is 49.3 Å². The van der Waals surface area contributed by atoms with Crippen molar-refractivity contribution in [1.82, 2.24) is 10.6 Å². The first-order chi connectivity index (χ1) is 10.6. The number of carbonyl (C=O) groups is 1. The summed E-state index contributed by atoms with van der Waals surface area (Å²) in [6, 6.07) is 7.02. The molecule has 2 atom stereocenters. The van der Waals surface area contributed by atoms with Crippen LogP contribution in [0.1, 0.15) is 48.5 Å². The highest BCUT2D eigenvalue weighted by molar-refractivity contribution is 6.00. The third-order valence-corrected chi connectivity index (χ3v) is 4.80. The van der Waals surface area contributed by atoms with Crippen LogP contribution in [-0.2, 0) is 0 Å². The van der Waals surface area contributed by atoms with Crippen LogP contribution in [0.3, 0.4) is 0 Å². The molecule has 0 spiro atoms. The third kappa shape index (κ3) is 5.01. The lowest BCUT2D eigenvalue weighted by Crippen LogP contribution is -2.46. The van der Waals surface area contributed by atoms with E-state index in [4.69, 9.17) is 0 Å². The first-order valence-corrected chi connectivity index (χ1v) is 8.53. The molecule has 1 amide bonds. The second-order valence-electron chi connectivity index (χ2n) is 6.76. The van der Waals surface area contributed by atoms with Crippen molar-refractivity contribution in [3.63, 3.8) is 0 Å². The van der Waals surface area contributed by atoms with Crippen LogP contribution in [0.25, 0.3) is 0 Å². The fourth-order valence-electron chi connectivity index (χ4n) is 3.59. The van der Waals surface area contributed by atoms with Crippen molar-refractivity contribution in [1.29, 1.82) is 0 Å². The summed E-state index contributed by atoms with van der Waals surface area (Å²) in [5, 5.41) is 6.68. The number of aryl methyl sites for hydroxylation is 1. The van der Waals surface area contributed by atoms with Crippen LogP contribution in [0.2, 0.25) is 0 Å². The van der Waals surface area contributed by atoms with Crippen LogP contribution in [0.15, 0.2) is 18.2 Å². The van der Waals surface area contributed by atoms with E-state index in [1.54, 1.807) is 0 Å². The quantitative estimate of drug-likeness (QED) is 0.853. The number of hydrogen-bond acceptors (Lipinski definition) is 3. The van der Waals surface area contributed by atoms with E-state index in [0.29, 0.717) is 6.04 Å². The van der Waals surface area contributed by atoms with Gasteiger partial charge in [-0.05, 0) is 58.2 Å². The van der Waals surface area contributed by atoms with E-state index in [9.17, 15) is 4.79 Å². The molecular formula is C18H29Cl2N3O. The Hall–Kier alpha value is -0.970. The molecule has 24 heavy (non-hydrogen) atoms. The smallest absolute Gasteiger partial charge is 0.253 e. The molecule has 0 aromatic heterocycles. The summed E-state index contributed by atoms with van der Waals surface area (Å²) < 4.78 is 0. The topological polar surface area (TPSA) is 44.4 Å². The number of carbonyl (C=O) groups excluding carboxylic acids is 1. The zero-order chi connectivity index (χ0) is 15.5. The lowest BCUT2D eigenvalue weighted by atomic mass is 9.99. The average Bonchev–Trinajstić information content (AvgIpc) is 3.01. The van der Waals surface area contributed by atoms with Crippen molar-refractivity contribution in [2.45, 2.75) is 51.6 Å². The van der Waals surface area contributed by atoms with E-state index in [-0.39, 0.29) is 36.8 Å². The predicted octanol–water partition coefficient (Wildman–Crippen LogP) is 3.31. The Bertz CT molecular complexity index is 547. The van der Waals surface area contributed by atoms with E-state index >= 15 is 0 Å². The van der Waals surface area contributed by atoms with Crippen molar-refractivity contribution >= 4 is 36.4 Å². The van der Waals surface area contributed by atoms with Gasteiger partial charge < -0.3 is 15.5 Å². The highest BCUT2D eigenvalue weighted by Gasteiger charge is 2.24. The summed E-state index contributed by atoms with van der Waals surface area (Å²) in [5.74, 6) is 0.0877. The molecule has 2 unspecified atom stereocenters. The Balaban J connectivity index is 0.00000144. The van der Waals surface area contributed by atoms with Crippen LogP contribution >= 0.6 is 24.8 Å². The van der Waals surface area contributed by atoms with E-state index in [1.807, 2.05) is 6.07 Å². The fourth-order valence-corrected chi connectivity index (χ4v) is 3.59. The molecule has 6 heteroatoms. The van der Waals surface area contributed by atoms with E-state index < -0.39 is 0 Å². The van der Waals surface area contributed by atoms with Gasteiger partial charge >= 0.3 is 0 Å². The van der Waals surface area contributed by atoms with Crippen molar-refractivity contribution in [2.75, 3.05) is 24.5 Å². The molecule has 2 heterocycles. The monoisotopic (exact) mass is 373 g/mol. The fraction of sp³-hybridized carbons (Fsp3) is 0.611. The van der Waals surface area contributed by atoms with Crippen molar-refractivity contribution in [3.05, 3.63) is 29.3 Å². The second kappa shape index (κ2) is 9.50. The van der Waals surface area contributed by atoms with E-state index in [1.165, 1.54) is 12.8 Å². The lowest BCUT2D eigenvalue weighted by Gasteiger charge is -2.29. The first kappa shape index (κ1) is 21.1. The largest absolute Gasteiger partial charge is 0.371 e. The molecule has 3 rings (SSSR count). The van der Waals surface area contributed by atoms with Crippen molar-refractivity contribution < 1.29 is 4.79 Å². The second-order valence-corrected chi connectivity index (χ2v) is 6.76. The zero-order valence-corrected chi connectivity index (χ0v) is 16.1. The maximum atomic E-state index is 12.8. The Kier molecular flexibility index (Phi) is 8.34. The highest BCUT2D eigenvalue weighted by Crippen LogP contribution is 2.26. The molecule has 4 nitrogen and oxygen atoms in total. The van der Waals surface area contributed by atoms with Gasteiger partial charge in [0.05, 0.1) is 5.56 Å². The zero-order valence-electron chi connectivity index (χ0n) is 14.5.